The molecule has 1 aromatic heterocycles. The molecule has 1 amide bonds. The minimum atomic E-state index is -0.927. The van der Waals surface area contributed by atoms with Crippen molar-refractivity contribution in [3.05, 3.63) is 18.5 Å². The van der Waals surface area contributed by atoms with Gasteiger partial charge in [0.2, 0.25) is 11.9 Å². The van der Waals surface area contributed by atoms with Crippen LogP contribution in [0, 0.1) is 11.8 Å². The maximum Gasteiger partial charge on any atom is 0.307 e. The number of nitrogens with one attached hydrogen (secondary N) is 1. The Kier molecular flexibility index (Phi) is 2.32. The number of carboxylic acids is 1. The molecule has 6 nitrogen and oxygen atoms in total. The number of aromatic nitrogens is 2. The van der Waals surface area contributed by atoms with Gasteiger partial charge < -0.3 is 5.11 Å². The Hall–Kier alpha value is -1.98. The quantitative estimate of drug-likeness (QED) is 0.735. The minimum Gasteiger partial charge on any atom is -0.481 e. The van der Waals surface area contributed by atoms with E-state index >= 15 is 0 Å². The lowest BCUT2D eigenvalue weighted by atomic mass is 10.3. The molecule has 0 saturated heterocycles. The molecule has 0 unspecified atom stereocenters. The van der Waals surface area contributed by atoms with E-state index in [4.69, 9.17) is 5.11 Å². The average Bonchev–Trinajstić information content (AvgIpc) is 2.98. The SMILES string of the molecule is O=C(O)[C@H]1C[C@H]1C(=O)Nc1ncccn1. The van der Waals surface area contributed by atoms with Crippen molar-refractivity contribution >= 4 is 17.8 Å². The summed E-state index contributed by atoms with van der Waals surface area (Å²) in [6.45, 7) is 0. The highest BCUT2D eigenvalue weighted by molar-refractivity contribution is 5.97. The van der Waals surface area contributed by atoms with Gasteiger partial charge in [0.05, 0.1) is 11.8 Å². The normalized spacial score (nSPS) is 23.2. The molecule has 2 atom stereocenters. The fourth-order valence-electron chi connectivity index (χ4n) is 1.32. The van der Waals surface area contributed by atoms with Crippen LogP contribution >= 0.6 is 0 Å². The zero-order valence-electron chi connectivity index (χ0n) is 7.75. The first-order chi connectivity index (χ1) is 7.18. The Morgan fingerprint density at radius 1 is 1.33 bits per heavy atom. The van der Waals surface area contributed by atoms with Gasteiger partial charge in [0.15, 0.2) is 0 Å². The molecule has 1 aromatic rings. The maximum absolute atomic E-state index is 11.4. The van der Waals surface area contributed by atoms with Crippen molar-refractivity contribution in [1.82, 2.24) is 9.97 Å². The highest BCUT2D eigenvalue weighted by Crippen LogP contribution is 2.39. The summed E-state index contributed by atoms with van der Waals surface area (Å²) in [7, 11) is 0. The third kappa shape index (κ3) is 2.09. The van der Waals surface area contributed by atoms with Crippen molar-refractivity contribution < 1.29 is 14.7 Å². The largest absolute Gasteiger partial charge is 0.481 e. The minimum absolute atomic E-state index is 0.207. The van der Waals surface area contributed by atoms with Gasteiger partial charge >= 0.3 is 5.97 Å². The number of nitrogens with zero attached hydrogens (tertiary/aromatic N) is 2. The molecule has 1 aliphatic carbocycles. The van der Waals surface area contributed by atoms with Gasteiger partial charge in [-0.3, -0.25) is 14.9 Å². The summed E-state index contributed by atoms with van der Waals surface area (Å²) in [4.78, 5) is 29.6. The first kappa shape index (κ1) is 9.57. The Morgan fingerprint density at radius 3 is 2.53 bits per heavy atom. The number of hydrogen-bond acceptors (Lipinski definition) is 4. The number of carbonyl (C=O) groups is 2. The number of rotatable bonds is 3. The van der Waals surface area contributed by atoms with Gasteiger partial charge in [-0.15, -0.1) is 0 Å². The Morgan fingerprint density at radius 2 is 2.00 bits per heavy atom. The second-order valence-electron chi connectivity index (χ2n) is 3.35. The average molecular weight is 207 g/mol. The summed E-state index contributed by atoms with van der Waals surface area (Å²) in [5.41, 5.74) is 0. The first-order valence-corrected chi connectivity index (χ1v) is 4.49. The zero-order valence-corrected chi connectivity index (χ0v) is 7.75. The predicted molar refractivity (Wildman–Crippen MR) is 49.9 cm³/mol. The second-order valence-corrected chi connectivity index (χ2v) is 3.35. The highest BCUT2D eigenvalue weighted by atomic mass is 16.4. The van der Waals surface area contributed by atoms with Crippen LogP contribution in [0.1, 0.15) is 6.42 Å². The highest BCUT2D eigenvalue weighted by Gasteiger charge is 2.48. The van der Waals surface area contributed by atoms with Crippen molar-refractivity contribution in [2.75, 3.05) is 5.32 Å². The summed E-state index contributed by atoms with van der Waals surface area (Å²) in [5.74, 6) is -2.03. The third-order valence-electron chi connectivity index (χ3n) is 2.25. The molecule has 6 heteroatoms. The molecule has 0 aliphatic heterocycles. The van der Waals surface area contributed by atoms with Crippen LogP contribution in [0.2, 0.25) is 0 Å². The van der Waals surface area contributed by atoms with Gasteiger partial charge in [-0.1, -0.05) is 0 Å². The van der Waals surface area contributed by atoms with E-state index in [1.165, 1.54) is 12.4 Å². The lowest BCUT2D eigenvalue weighted by molar-refractivity contribution is -0.139. The van der Waals surface area contributed by atoms with Crippen molar-refractivity contribution in [2.45, 2.75) is 6.42 Å². The van der Waals surface area contributed by atoms with Gasteiger partial charge in [-0.2, -0.15) is 0 Å². The molecule has 0 aromatic carbocycles. The molecule has 2 N–H and O–H groups in total. The molecule has 1 saturated carbocycles. The van der Waals surface area contributed by atoms with Crippen molar-refractivity contribution in [3.63, 3.8) is 0 Å². The summed E-state index contributed by atoms with van der Waals surface area (Å²) in [5, 5.41) is 11.1. The molecular weight excluding hydrogens is 198 g/mol. The summed E-state index contributed by atoms with van der Waals surface area (Å²) in [6, 6.07) is 1.63. The lowest BCUT2D eigenvalue weighted by Gasteiger charge is -2.00. The molecule has 2 rings (SSSR count). The molecular formula is C9H9N3O3. The smallest absolute Gasteiger partial charge is 0.307 e. The summed E-state index contributed by atoms with van der Waals surface area (Å²) >= 11 is 0. The fraction of sp³-hybridized carbons (Fsp3) is 0.333. The Balaban J connectivity index is 1.92. The lowest BCUT2D eigenvalue weighted by Crippen LogP contribution is -2.18. The van der Waals surface area contributed by atoms with Gasteiger partial charge in [0.25, 0.3) is 0 Å². The Bertz CT molecular complexity index is 393. The molecule has 1 heterocycles. The van der Waals surface area contributed by atoms with Gasteiger partial charge in [0.1, 0.15) is 0 Å². The standard InChI is InChI=1S/C9H9N3O3/c13-7(5-4-6(5)8(14)15)12-9-10-2-1-3-11-9/h1-3,5-6H,4H2,(H,14,15)(H,10,11,12,13)/t5-,6+/m1/s1. The van der Waals surface area contributed by atoms with Gasteiger partial charge in [0, 0.05) is 12.4 Å². The number of hydrogen-bond donors (Lipinski definition) is 2. The van der Waals surface area contributed by atoms with Crippen molar-refractivity contribution in [3.8, 4) is 0 Å². The van der Waals surface area contributed by atoms with Crippen molar-refractivity contribution in [1.29, 1.82) is 0 Å². The van der Waals surface area contributed by atoms with Gasteiger partial charge in [-0.05, 0) is 12.5 Å². The monoisotopic (exact) mass is 207 g/mol. The van der Waals surface area contributed by atoms with Crippen molar-refractivity contribution in [2.24, 2.45) is 11.8 Å². The first-order valence-electron chi connectivity index (χ1n) is 4.49. The van der Waals surface area contributed by atoms with E-state index in [9.17, 15) is 9.59 Å². The fourth-order valence-corrected chi connectivity index (χ4v) is 1.32. The topological polar surface area (TPSA) is 92.2 Å². The van der Waals surface area contributed by atoms with E-state index in [-0.39, 0.29) is 11.9 Å². The van der Waals surface area contributed by atoms with Crippen LogP contribution < -0.4 is 5.32 Å². The molecule has 0 bridgehead atoms. The molecule has 1 fully saturated rings. The predicted octanol–water partition coefficient (Wildman–Crippen LogP) is 0.136. The van der Waals surface area contributed by atoms with Crippen LogP contribution in [-0.4, -0.2) is 27.0 Å². The molecule has 1 aliphatic rings. The second kappa shape index (κ2) is 3.64. The number of aliphatic carboxylic acids is 1. The van der Waals surface area contributed by atoms with Crippen LogP contribution in [0.4, 0.5) is 5.95 Å². The number of anilines is 1. The molecule has 0 spiro atoms. The molecule has 0 radical (unpaired) electrons. The number of carbonyl (C=O) groups excluding carboxylic acids is 1. The van der Waals surface area contributed by atoms with E-state index < -0.39 is 17.8 Å². The van der Waals surface area contributed by atoms with Crippen LogP contribution in [0.15, 0.2) is 18.5 Å². The summed E-state index contributed by atoms with van der Waals surface area (Å²) in [6.07, 6.45) is 3.41. The van der Waals surface area contributed by atoms with E-state index in [1.54, 1.807) is 6.07 Å². The van der Waals surface area contributed by atoms with E-state index in [1.807, 2.05) is 0 Å². The Labute approximate surface area is 85.4 Å². The third-order valence-corrected chi connectivity index (χ3v) is 2.25. The van der Waals surface area contributed by atoms with Crippen LogP contribution in [0.25, 0.3) is 0 Å². The maximum atomic E-state index is 11.4. The number of amides is 1. The van der Waals surface area contributed by atoms with E-state index in [2.05, 4.69) is 15.3 Å². The summed E-state index contributed by atoms with van der Waals surface area (Å²) < 4.78 is 0. The van der Waals surface area contributed by atoms with Crippen LogP contribution in [-0.2, 0) is 9.59 Å². The zero-order chi connectivity index (χ0) is 10.8. The van der Waals surface area contributed by atoms with E-state index in [0.29, 0.717) is 6.42 Å². The molecule has 15 heavy (non-hydrogen) atoms. The van der Waals surface area contributed by atoms with Crippen LogP contribution in [0.3, 0.4) is 0 Å². The number of carboxylic acid groups (broad SMARTS) is 1. The molecule has 78 valence electrons. The van der Waals surface area contributed by atoms with E-state index in [0.717, 1.165) is 0 Å². The van der Waals surface area contributed by atoms with Gasteiger partial charge in [-0.25, -0.2) is 9.97 Å². The van der Waals surface area contributed by atoms with Crippen LogP contribution in [0.5, 0.6) is 0 Å².